The van der Waals surface area contributed by atoms with Crippen molar-refractivity contribution < 1.29 is 22.8 Å². The number of amides is 1. The Kier molecular flexibility index (Phi) is 7.94. The first kappa shape index (κ1) is 24.3. The van der Waals surface area contributed by atoms with Gasteiger partial charge in [0, 0.05) is 44.4 Å². The van der Waals surface area contributed by atoms with Crippen LogP contribution in [0, 0.1) is 6.92 Å². The quantitative estimate of drug-likeness (QED) is 0.436. The number of aryl methyl sites for hydroxylation is 1. The Morgan fingerprint density at radius 3 is 2.71 bits per heavy atom. The molecule has 0 bridgehead atoms. The molecule has 2 saturated heterocycles. The van der Waals surface area contributed by atoms with Crippen molar-refractivity contribution in [3.8, 4) is 0 Å². The van der Waals surface area contributed by atoms with Gasteiger partial charge in [-0.2, -0.15) is 4.31 Å². The van der Waals surface area contributed by atoms with E-state index in [0.29, 0.717) is 36.8 Å². The van der Waals surface area contributed by atoms with Crippen LogP contribution in [0.5, 0.6) is 0 Å². The number of hydroxylamine groups is 1. The van der Waals surface area contributed by atoms with Crippen molar-refractivity contribution in [2.75, 3.05) is 25.0 Å². The summed E-state index contributed by atoms with van der Waals surface area (Å²) in [6.45, 7) is 3.41. The fraction of sp³-hybridized carbons (Fsp3) is 0.417. The molecule has 9 nitrogen and oxygen atoms in total. The minimum absolute atomic E-state index is 0.0287. The summed E-state index contributed by atoms with van der Waals surface area (Å²) in [7, 11) is -3.51. The van der Waals surface area contributed by atoms with Gasteiger partial charge in [0.25, 0.3) is 5.91 Å². The highest BCUT2D eigenvalue weighted by Crippen LogP contribution is 2.23. The zero-order valence-corrected chi connectivity index (χ0v) is 20.0. The molecule has 10 heteroatoms. The van der Waals surface area contributed by atoms with Crippen LogP contribution in [0.1, 0.15) is 36.8 Å². The molecular weight excluding hydrogens is 456 g/mol. The summed E-state index contributed by atoms with van der Waals surface area (Å²) in [5.41, 5.74) is 4.15. The minimum Gasteiger partial charge on any atom is -0.366 e. The summed E-state index contributed by atoms with van der Waals surface area (Å²) >= 11 is 0. The van der Waals surface area contributed by atoms with Gasteiger partial charge < -0.3 is 10.1 Å². The lowest BCUT2D eigenvalue weighted by molar-refractivity contribution is -0.198. The molecule has 2 fully saturated rings. The number of pyridine rings is 1. The number of benzene rings is 1. The summed E-state index contributed by atoms with van der Waals surface area (Å²) in [6, 6.07) is 10.5. The monoisotopic (exact) mass is 486 g/mol. The maximum absolute atomic E-state index is 12.9. The van der Waals surface area contributed by atoms with E-state index < -0.39 is 16.3 Å². The van der Waals surface area contributed by atoms with Crippen LogP contribution in [0.15, 0.2) is 53.6 Å². The van der Waals surface area contributed by atoms with Crippen LogP contribution in [0.25, 0.3) is 6.08 Å². The molecule has 2 atom stereocenters. The summed E-state index contributed by atoms with van der Waals surface area (Å²) in [5.74, 6) is 0.274. The largest absolute Gasteiger partial charge is 0.366 e. The topological polar surface area (TPSA) is 110 Å². The molecule has 182 valence electrons. The molecule has 2 N–H and O–H groups in total. The third-order valence-electron chi connectivity index (χ3n) is 5.80. The van der Waals surface area contributed by atoms with Gasteiger partial charge in [0.2, 0.25) is 10.0 Å². The number of hydrogen-bond donors (Lipinski definition) is 2. The SMILES string of the molecule is Cc1ccc(S(=O)(=O)N2CC[C@@H](Nc3ccc(/C=C/C(=O)NOC4CCCCO4)cn3)C2)cc1. The molecule has 2 aliphatic heterocycles. The number of sulfonamides is 1. The Balaban J connectivity index is 1.25. The van der Waals surface area contributed by atoms with E-state index in [4.69, 9.17) is 9.57 Å². The van der Waals surface area contributed by atoms with Gasteiger partial charge in [0.05, 0.1) is 4.90 Å². The van der Waals surface area contributed by atoms with Crippen LogP contribution in [-0.2, 0) is 24.4 Å². The number of carbonyl (C=O) groups excluding carboxylic acids is 1. The van der Waals surface area contributed by atoms with Crippen molar-refractivity contribution in [2.45, 2.75) is 49.8 Å². The van der Waals surface area contributed by atoms with Gasteiger partial charge >= 0.3 is 0 Å². The highest BCUT2D eigenvalue weighted by atomic mass is 32.2. The van der Waals surface area contributed by atoms with Crippen LogP contribution in [0.2, 0.25) is 0 Å². The Morgan fingerprint density at radius 1 is 1.18 bits per heavy atom. The van der Waals surface area contributed by atoms with E-state index in [0.717, 1.165) is 30.4 Å². The number of nitrogens with one attached hydrogen (secondary N) is 2. The molecular formula is C24H30N4O5S. The van der Waals surface area contributed by atoms with Crippen LogP contribution in [0.3, 0.4) is 0 Å². The summed E-state index contributed by atoms with van der Waals surface area (Å²) in [4.78, 5) is 21.9. The molecule has 1 unspecified atom stereocenters. The van der Waals surface area contributed by atoms with E-state index in [1.54, 1.807) is 42.6 Å². The second kappa shape index (κ2) is 11.1. The molecule has 4 rings (SSSR count). The van der Waals surface area contributed by atoms with Crippen molar-refractivity contribution >= 4 is 27.8 Å². The van der Waals surface area contributed by atoms with E-state index in [1.807, 2.05) is 13.0 Å². The average Bonchev–Trinajstić information content (AvgIpc) is 3.33. The Hall–Kier alpha value is -2.79. The third-order valence-corrected chi connectivity index (χ3v) is 7.68. The second-order valence-electron chi connectivity index (χ2n) is 8.50. The molecule has 34 heavy (non-hydrogen) atoms. The molecule has 1 aromatic carbocycles. The fourth-order valence-corrected chi connectivity index (χ4v) is 5.36. The Morgan fingerprint density at radius 2 is 2.00 bits per heavy atom. The Labute approximate surface area is 200 Å². The van der Waals surface area contributed by atoms with Gasteiger partial charge in [-0.05, 0) is 62.1 Å². The van der Waals surface area contributed by atoms with Gasteiger partial charge in [-0.1, -0.05) is 17.7 Å². The number of ether oxygens (including phenoxy) is 1. The molecule has 0 aliphatic carbocycles. The molecule has 1 aromatic heterocycles. The number of anilines is 1. The van der Waals surface area contributed by atoms with Gasteiger partial charge in [-0.15, -0.1) is 0 Å². The Bertz CT molecular complexity index is 1100. The summed E-state index contributed by atoms with van der Waals surface area (Å²) < 4.78 is 32.7. The number of rotatable bonds is 8. The van der Waals surface area contributed by atoms with Crippen molar-refractivity contribution in [1.82, 2.24) is 14.8 Å². The van der Waals surface area contributed by atoms with Crippen LogP contribution in [0.4, 0.5) is 5.82 Å². The molecule has 2 aromatic rings. The van der Waals surface area contributed by atoms with Crippen LogP contribution < -0.4 is 10.8 Å². The van der Waals surface area contributed by atoms with E-state index in [9.17, 15) is 13.2 Å². The lowest BCUT2D eigenvalue weighted by Gasteiger charge is -2.21. The van der Waals surface area contributed by atoms with Crippen molar-refractivity contribution in [3.05, 3.63) is 59.8 Å². The minimum atomic E-state index is -3.51. The molecule has 1 amide bonds. The third kappa shape index (κ3) is 6.41. The molecule has 0 saturated carbocycles. The second-order valence-corrected chi connectivity index (χ2v) is 10.4. The zero-order chi connectivity index (χ0) is 24.0. The van der Waals surface area contributed by atoms with Crippen LogP contribution in [-0.4, -0.2) is 55.6 Å². The first-order chi connectivity index (χ1) is 16.4. The van der Waals surface area contributed by atoms with Gasteiger partial charge in [-0.3, -0.25) is 4.79 Å². The number of hydrogen-bond acceptors (Lipinski definition) is 7. The zero-order valence-electron chi connectivity index (χ0n) is 19.1. The van der Waals surface area contributed by atoms with Crippen molar-refractivity contribution in [2.24, 2.45) is 0 Å². The first-order valence-corrected chi connectivity index (χ1v) is 12.9. The maximum atomic E-state index is 12.9. The number of aromatic nitrogens is 1. The maximum Gasteiger partial charge on any atom is 0.267 e. The van der Waals surface area contributed by atoms with Gasteiger partial charge in [0.15, 0.2) is 6.29 Å². The van der Waals surface area contributed by atoms with E-state index in [1.165, 1.54) is 10.4 Å². The van der Waals surface area contributed by atoms with Crippen molar-refractivity contribution in [3.63, 3.8) is 0 Å². The van der Waals surface area contributed by atoms with E-state index in [2.05, 4.69) is 15.8 Å². The van der Waals surface area contributed by atoms with Crippen molar-refractivity contribution in [1.29, 1.82) is 0 Å². The summed E-state index contributed by atoms with van der Waals surface area (Å²) in [5, 5.41) is 3.30. The molecule has 0 radical (unpaired) electrons. The first-order valence-electron chi connectivity index (χ1n) is 11.4. The van der Waals surface area contributed by atoms with Gasteiger partial charge in [-0.25, -0.2) is 23.7 Å². The predicted molar refractivity (Wildman–Crippen MR) is 128 cm³/mol. The lowest BCUT2D eigenvalue weighted by atomic mass is 10.2. The molecule has 3 heterocycles. The summed E-state index contributed by atoms with van der Waals surface area (Å²) in [6.07, 6.45) is 7.75. The smallest absolute Gasteiger partial charge is 0.267 e. The molecule has 0 spiro atoms. The highest BCUT2D eigenvalue weighted by molar-refractivity contribution is 7.89. The predicted octanol–water partition coefficient (Wildman–Crippen LogP) is 2.85. The fourth-order valence-electron chi connectivity index (χ4n) is 3.86. The number of nitrogens with zero attached hydrogens (tertiary/aromatic N) is 2. The van der Waals surface area contributed by atoms with Gasteiger partial charge in [0.1, 0.15) is 5.82 Å². The van der Waals surface area contributed by atoms with Crippen LogP contribution >= 0.6 is 0 Å². The lowest BCUT2D eigenvalue weighted by Crippen LogP contribution is -2.32. The van der Waals surface area contributed by atoms with E-state index >= 15 is 0 Å². The molecule has 2 aliphatic rings. The van der Waals surface area contributed by atoms with E-state index in [-0.39, 0.29) is 11.9 Å². The highest BCUT2D eigenvalue weighted by Gasteiger charge is 2.32. The normalized spacial score (nSPS) is 21.6. The standard InChI is InChI=1S/C24H30N4O5S/c1-18-5-9-21(10-6-18)34(30,31)28-14-13-20(17-28)26-22-11-7-19(16-25-22)8-12-23(29)27-33-24-4-2-3-15-32-24/h5-12,16,20,24H,2-4,13-15,17H2,1H3,(H,25,26)(H,27,29)/b12-8+/t20-,24?/m1/s1. The number of carbonyl (C=O) groups is 1. The average molecular weight is 487 g/mol.